The zero-order chi connectivity index (χ0) is 19.5. The number of nitrogens with zero attached hydrogens (tertiary/aromatic N) is 1. The highest BCUT2D eigenvalue weighted by molar-refractivity contribution is 7.86. The number of hydrogen-bond acceptors (Lipinski definition) is 7. The summed E-state index contributed by atoms with van der Waals surface area (Å²) in [6, 6.07) is 5.05. The zero-order valence-corrected chi connectivity index (χ0v) is 14.5. The highest BCUT2D eigenvalue weighted by Crippen LogP contribution is 2.25. The number of ether oxygens (including phenoxy) is 1. The van der Waals surface area contributed by atoms with Crippen molar-refractivity contribution in [2.24, 2.45) is 5.16 Å². The number of fused-ring (bicyclic) bond motifs is 1. The Balaban J connectivity index is 2.59. The second-order valence-electron chi connectivity index (χ2n) is 5.13. The monoisotopic (exact) mass is 393 g/mol. The Morgan fingerprint density at radius 1 is 1.27 bits per heavy atom. The molecule has 0 atom stereocenters. The van der Waals surface area contributed by atoms with Crippen LogP contribution in [0.1, 0.15) is 18.9 Å². The largest absolute Gasteiger partial charge is 0.497 e. The van der Waals surface area contributed by atoms with Gasteiger partial charge in [0.15, 0.2) is 5.71 Å². The van der Waals surface area contributed by atoms with Gasteiger partial charge in [-0.25, -0.2) is 4.79 Å². The predicted molar refractivity (Wildman–Crippen MR) is 86.8 cm³/mol. The lowest BCUT2D eigenvalue weighted by atomic mass is 10.1. The molecule has 0 unspecified atom stereocenters. The summed E-state index contributed by atoms with van der Waals surface area (Å²) in [6.45, 7) is 1.50. The fraction of sp³-hybridized carbons (Fsp3) is 0.333. The maximum absolute atomic E-state index is 13.3. The smallest absolute Gasteiger partial charge is 0.437 e. The third kappa shape index (κ3) is 4.54. The Hall–Kier alpha value is -2.56. The predicted octanol–water partition coefficient (Wildman–Crippen LogP) is 2.82. The number of alkyl halides is 3. The van der Waals surface area contributed by atoms with Crippen molar-refractivity contribution in [3.8, 4) is 5.75 Å². The molecule has 0 spiro atoms. The van der Waals surface area contributed by atoms with Gasteiger partial charge in [-0.3, -0.25) is 4.28 Å². The molecule has 0 aliphatic heterocycles. The lowest BCUT2D eigenvalue weighted by molar-refractivity contribution is -0.0598. The fourth-order valence-corrected chi connectivity index (χ4v) is 2.78. The Kier molecular flexibility index (Phi) is 5.59. The number of benzene rings is 1. The van der Waals surface area contributed by atoms with Crippen molar-refractivity contribution in [3.05, 3.63) is 40.2 Å². The molecule has 0 bridgehead atoms. The molecule has 26 heavy (non-hydrogen) atoms. The summed E-state index contributed by atoms with van der Waals surface area (Å²) < 4.78 is 76.5. The molecule has 0 saturated heterocycles. The van der Waals surface area contributed by atoms with Gasteiger partial charge in [0.25, 0.3) is 0 Å². The molecule has 2 rings (SSSR count). The van der Waals surface area contributed by atoms with Crippen LogP contribution in [0, 0.1) is 0 Å². The lowest BCUT2D eigenvalue weighted by Crippen LogP contribution is -2.30. The van der Waals surface area contributed by atoms with E-state index in [2.05, 4.69) is 9.44 Å². The molecule has 0 fully saturated rings. The van der Waals surface area contributed by atoms with Crippen LogP contribution in [0.25, 0.3) is 11.0 Å². The molecule has 0 saturated carbocycles. The summed E-state index contributed by atoms with van der Waals surface area (Å²) in [5.41, 5.74) is -4.12. The van der Waals surface area contributed by atoms with Gasteiger partial charge < -0.3 is 9.15 Å². The Morgan fingerprint density at radius 2 is 1.96 bits per heavy atom. The van der Waals surface area contributed by atoms with Crippen molar-refractivity contribution < 1.29 is 35.0 Å². The molecule has 0 aliphatic carbocycles. The zero-order valence-electron chi connectivity index (χ0n) is 13.7. The lowest BCUT2D eigenvalue weighted by Gasteiger charge is -2.10. The molecule has 0 amide bonds. The molecule has 142 valence electrons. The van der Waals surface area contributed by atoms with E-state index in [4.69, 9.17) is 9.15 Å². The van der Waals surface area contributed by atoms with E-state index in [9.17, 15) is 26.4 Å². The molecule has 0 N–H and O–H groups in total. The molecule has 1 aromatic carbocycles. The minimum Gasteiger partial charge on any atom is -0.497 e. The summed E-state index contributed by atoms with van der Waals surface area (Å²) >= 11 is 0. The van der Waals surface area contributed by atoms with Gasteiger partial charge in [-0.1, -0.05) is 12.1 Å². The first-order chi connectivity index (χ1) is 12.1. The average Bonchev–Trinajstić information content (AvgIpc) is 2.53. The molecule has 0 radical (unpaired) electrons. The van der Waals surface area contributed by atoms with Gasteiger partial charge in [0.1, 0.15) is 11.3 Å². The van der Waals surface area contributed by atoms with Gasteiger partial charge >= 0.3 is 21.9 Å². The van der Waals surface area contributed by atoms with E-state index in [1.165, 1.54) is 32.2 Å². The number of rotatable bonds is 6. The summed E-state index contributed by atoms with van der Waals surface area (Å²) in [5, 5.41) is 2.84. The van der Waals surface area contributed by atoms with Crippen molar-refractivity contribution in [1.29, 1.82) is 0 Å². The summed E-state index contributed by atoms with van der Waals surface area (Å²) in [4.78, 5) is 12.0. The number of halogens is 3. The average molecular weight is 393 g/mol. The van der Waals surface area contributed by atoms with E-state index in [0.717, 1.165) is 6.07 Å². The second-order valence-corrected chi connectivity index (χ2v) is 6.80. The molecule has 0 aliphatic rings. The van der Waals surface area contributed by atoms with Crippen molar-refractivity contribution in [2.45, 2.75) is 19.5 Å². The van der Waals surface area contributed by atoms with Crippen LogP contribution in [0.4, 0.5) is 13.2 Å². The normalized spacial score (nSPS) is 13.0. The van der Waals surface area contributed by atoms with Crippen molar-refractivity contribution in [1.82, 2.24) is 0 Å². The first kappa shape index (κ1) is 19.8. The quantitative estimate of drug-likeness (QED) is 0.426. The van der Waals surface area contributed by atoms with E-state index in [1.54, 1.807) is 0 Å². The molecule has 11 heteroatoms. The van der Waals surface area contributed by atoms with Gasteiger partial charge in [0, 0.05) is 11.5 Å². The van der Waals surface area contributed by atoms with Crippen LogP contribution in [0.15, 0.2) is 38.6 Å². The van der Waals surface area contributed by atoms with Crippen LogP contribution in [0.3, 0.4) is 0 Å². The number of methoxy groups -OCH3 is 1. The van der Waals surface area contributed by atoms with E-state index in [0.29, 0.717) is 5.75 Å². The van der Waals surface area contributed by atoms with E-state index in [1.807, 2.05) is 0 Å². The molecule has 1 heterocycles. The first-order valence-corrected chi connectivity index (χ1v) is 8.84. The Bertz CT molecular complexity index is 995. The van der Waals surface area contributed by atoms with Crippen LogP contribution >= 0.6 is 0 Å². The summed E-state index contributed by atoms with van der Waals surface area (Å²) in [7, 11) is -2.92. The van der Waals surface area contributed by atoms with Gasteiger partial charge in [0.2, 0.25) is 0 Å². The topological polar surface area (TPSA) is 95.2 Å². The minimum absolute atomic E-state index is 0.000789. The highest BCUT2D eigenvalue weighted by atomic mass is 32.2. The van der Waals surface area contributed by atoms with E-state index >= 15 is 0 Å². The molecular weight excluding hydrogens is 379 g/mol. The van der Waals surface area contributed by atoms with Crippen LogP contribution < -0.4 is 10.4 Å². The number of oxime groups is 1. The van der Waals surface area contributed by atoms with Crippen molar-refractivity contribution in [2.75, 3.05) is 12.9 Å². The van der Waals surface area contributed by atoms with Crippen LogP contribution in [-0.4, -0.2) is 33.2 Å². The molecule has 2 aromatic rings. The number of hydrogen-bond donors (Lipinski definition) is 0. The highest BCUT2D eigenvalue weighted by Gasteiger charge is 2.40. The van der Waals surface area contributed by atoms with E-state index in [-0.39, 0.29) is 17.4 Å². The fourth-order valence-electron chi connectivity index (χ4n) is 2.02. The van der Waals surface area contributed by atoms with Crippen LogP contribution in [-0.2, 0) is 14.4 Å². The summed E-state index contributed by atoms with van der Waals surface area (Å²) in [5.74, 6) is -0.180. The maximum atomic E-state index is 13.3. The SMILES string of the molecule is CCCS(=O)(=O)O/N=C(\c1cc2ccc(OC)cc2oc1=O)C(F)(F)F. The minimum atomic E-state index is -5.14. The molecular formula is C15H14F3NO6S. The van der Waals surface area contributed by atoms with Crippen LogP contribution in [0.2, 0.25) is 0 Å². The molecule has 1 aromatic heterocycles. The molecule has 7 nitrogen and oxygen atoms in total. The second kappa shape index (κ2) is 7.36. The standard InChI is InChI=1S/C15H14F3NO6S/c1-3-6-26(21,22)25-19-13(15(16,17)18)11-7-9-4-5-10(23-2)8-12(9)24-14(11)20/h4-5,7-8H,3,6H2,1-2H3/b19-13+. The first-order valence-electron chi connectivity index (χ1n) is 7.26. The van der Waals surface area contributed by atoms with Gasteiger partial charge in [-0.15, -0.1) is 0 Å². The third-order valence-corrected chi connectivity index (χ3v) is 4.37. The van der Waals surface area contributed by atoms with Crippen LogP contribution in [0.5, 0.6) is 5.75 Å². The van der Waals surface area contributed by atoms with Gasteiger partial charge in [-0.2, -0.15) is 21.6 Å². The van der Waals surface area contributed by atoms with Gasteiger partial charge in [-0.05, 0) is 24.6 Å². The van der Waals surface area contributed by atoms with Gasteiger partial charge in [0.05, 0.1) is 18.4 Å². The Morgan fingerprint density at radius 3 is 2.54 bits per heavy atom. The third-order valence-electron chi connectivity index (χ3n) is 3.16. The van der Waals surface area contributed by atoms with Crippen molar-refractivity contribution in [3.63, 3.8) is 0 Å². The maximum Gasteiger partial charge on any atom is 0.437 e. The Labute approximate surface area is 146 Å². The van der Waals surface area contributed by atoms with E-state index < -0.39 is 38.9 Å². The van der Waals surface area contributed by atoms with Crippen molar-refractivity contribution >= 4 is 26.8 Å². The summed E-state index contributed by atoms with van der Waals surface area (Å²) in [6.07, 6.45) is -5.02.